The molecule has 2 unspecified atom stereocenters. The minimum Gasteiger partial charge on any atom is -0.391 e. The van der Waals surface area contributed by atoms with Gasteiger partial charge < -0.3 is 10.0 Å². The van der Waals surface area contributed by atoms with Crippen LogP contribution in [0.3, 0.4) is 0 Å². The Morgan fingerprint density at radius 2 is 2.06 bits per heavy atom. The number of rotatable bonds is 4. The highest BCUT2D eigenvalue weighted by Crippen LogP contribution is 2.25. The zero-order valence-electron chi connectivity index (χ0n) is 12.4. The molecule has 1 aliphatic rings. The minimum absolute atomic E-state index is 0.157. The van der Waals surface area contributed by atoms with Gasteiger partial charge >= 0.3 is 0 Å². The lowest BCUT2D eigenvalue weighted by Crippen LogP contribution is -2.42. The first-order valence-corrected chi connectivity index (χ1v) is 7.30. The molecule has 1 rings (SSSR count). The predicted octanol–water partition coefficient (Wildman–Crippen LogP) is 2.82. The van der Waals surface area contributed by atoms with Gasteiger partial charge in [-0.2, -0.15) is 0 Å². The Balaban J connectivity index is 2.53. The first-order valence-electron chi connectivity index (χ1n) is 7.30. The number of carbonyl (C=O) groups is 1. The third-order valence-corrected chi connectivity index (χ3v) is 4.02. The van der Waals surface area contributed by atoms with Crippen LogP contribution < -0.4 is 0 Å². The number of carbonyl (C=O) groups excluding carboxylic acids is 1. The normalized spacial score (nSPS) is 23.9. The lowest BCUT2D eigenvalue weighted by Gasteiger charge is -2.31. The molecule has 0 aromatic rings. The topological polar surface area (TPSA) is 40.5 Å². The Morgan fingerprint density at radius 1 is 1.39 bits per heavy atom. The van der Waals surface area contributed by atoms with E-state index in [0.717, 1.165) is 19.4 Å². The first-order chi connectivity index (χ1) is 8.34. The quantitative estimate of drug-likeness (QED) is 0.839. The molecule has 1 N–H and O–H groups in total. The van der Waals surface area contributed by atoms with Crippen molar-refractivity contribution < 1.29 is 9.90 Å². The first kappa shape index (κ1) is 15.5. The van der Waals surface area contributed by atoms with Crippen molar-refractivity contribution in [2.45, 2.75) is 65.9 Å². The van der Waals surface area contributed by atoms with E-state index in [4.69, 9.17) is 0 Å². The summed E-state index contributed by atoms with van der Waals surface area (Å²) in [7, 11) is 0. The molecule has 106 valence electrons. The molecule has 0 aromatic heterocycles. The van der Waals surface area contributed by atoms with Crippen molar-refractivity contribution in [1.29, 1.82) is 0 Å². The number of aliphatic hydroxyl groups is 1. The van der Waals surface area contributed by atoms with Gasteiger partial charge in [-0.05, 0) is 24.2 Å². The molecule has 1 heterocycles. The van der Waals surface area contributed by atoms with Gasteiger partial charge in [-0.15, -0.1) is 0 Å². The van der Waals surface area contributed by atoms with Crippen LogP contribution in [0, 0.1) is 11.3 Å². The van der Waals surface area contributed by atoms with Gasteiger partial charge in [0, 0.05) is 19.5 Å². The summed E-state index contributed by atoms with van der Waals surface area (Å²) in [5.41, 5.74) is -0.157. The van der Waals surface area contributed by atoms with E-state index in [-0.39, 0.29) is 11.3 Å². The molecule has 0 radical (unpaired) electrons. The summed E-state index contributed by atoms with van der Waals surface area (Å²) < 4.78 is 0. The highest BCUT2D eigenvalue weighted by Gasteiger charge is 2.28. The lowest BCUT2D eigenvalue weighted by atomic mass is 9.89. The second-order valence-corrected chi connectivity index (χ2v) is 6.70. The molecule has 0 aliphatic carbocycles. The van der Waals surface area contributed by atoms with Gasteiger partial charge in [0.15, 0.2) is 0 Å². The van der Waals surface area contributed by atoms with Crippen LogP contribution in [0.1, 0.15) is 59.8 Å². The molecule has 0 spiro atoms. The van der Waals surface area contributed by atoms with Crippen molar-refractivity contribution >= 4 is 5.91 Å². The molecule has 1 fully saturated rings. The summed E-state index contributed by atoms with van der Waals surface area (Å²) >= 11 is 0. The van der Waals surface area contributed by atoms with Crippen molar-refractivity contribution in [1.82, 2.24) is 4.90 Å². The molecule has 3 nitrogen and oxygen atoms in total. The monoisotopic (exact) mass is 255 g/mol. The Hall–Kier alpha value is -0.570. The molecule has 0 aromatic carbocycles. The molecule has 0 saturated carbocycles. The van der Waals surface area contributed by atoms with E-state index < -0.39 is 6.10 Å². The van der Waals surface area contributed by atoms with Crippen LogP contribution in [0.15, 0.2) is 0 Å². The SMILES string of the molecule is CCCC1CCC(=O)N(CC(O)C(C)(C)C)CC1. The Kier molecular flexibility index (Phi) is 5.64. The van der Waals surface area contributed by atoms with E-state index in [1.807, 2.05) is 25.7 Å². The van der Waals surface area contributed by atoms with Crippen LogP contribution in [-0.2, 0) is 4.79 Å². The largest absolute Gasteiger partial charge is 0.391 e. The number of hydrogen-bond donors (Lipinski definition) is 1. The highest BCUT2D eigenvalue weighted by molar-refractivity contribution is 5.76. The Bertz CT molecular complexity index is 270. The minimum atomic E-state index is -0.441. The number of hydrogen-bond acceptors (Lipinski definition) is 2. The van der Waals surface area contributed by atoms with Gasteiger partial charge in [0.1, 0.15) is 0 Å². The fourth-order valence-electron chi connectivity index (χ4n) is 2.47. The van der Waals surface area contributed by atoms with Crippen LogP contribution in [0.5, 0.6) is 0 Å². The van der Waals surface area contributed by atoms with E-state index in [2.05, 4.69) is 6.92 Å². The smallest absolute Gasteiger partial charge is 0.222 e. The van der Waals surface area contributed by atoms with E-state index in [1.165, 1.54) is 12.8 Å². The van der Waals surface area contributed by atoms with Crippen LogP contribution in [0.2, 0.25) is 0 Å². The van der Waals surface area contributed by atoms with Gasteiger partial charge in [-0.1, -0.05) is 40.5 Å². The highest BCUT2D eigenvalue weighted by atomic mass is 16.3. The fourth-order valence-corrected chi connectivity index (χ4v) is 2.47. The maximum absolute atomic E-state index is 12.0. The third-order valence-electron chi connectivity index (χ3n) is 4.02. The number of amides is 1. The van der Waals surface area contributed by atoms with E-state index in [9.17, 15) is 9.90 Å². The Morgan fingerprint density at radius 3 is 2.61 bits per heavy atom. The average molecular weight is 255 g/mol. The molecule has 3 heteroatoms. The molecule has 18 heavy (non-hydrogen) atoms. The number of aliphatic hydroxyl groups excluding tert-OH is 1. The fraction of sp³-hybridized carbons (Fsp3) is 0.933. The molecule has 1 aliphatic heterocycles. The molecular weight excluding hydrogens is 226 g/mol. The summed E-state index contributed by atoms with van der Waals surface area (Å²) in [6.07, 6.45) is 4.75. The van der Waals surface area contributed by atoms with Gasteiger partial charge in [0.25, 0.3) is 0 Å². The van der Waals surface area contributed by atoms with Gasteiger partial charge in [-0.3, -0.25) is 4.79 Å². The van der Waals surface area contributed by atoms with Crippen molar-refractivity contribution in [2.24, 2.45) is 11.3 Å². The number of likely N-dealkylation sites (tertiary alicyclic amines) is 1. The molecular formula is C15H29NO2. The van der Waals surface area contributed by atoms with E-state index in [1.54, 1.807) is 0 Å². The van der Waals surface area contributed by atoms with E-state index in [0.29, 0.717) is 18.9 Å². The van der Waals surface area contributed by atoms with Crippen molar-refractivity contribution in [3.8, 4) is 0 Å². The maximum atomic E-state index is 12.0. The summed E-state index contributed by atoms with van der Waals surface area (Å²) in [5, 5.41) is 10.1. The average Bonchev–Trinajstić information content (AvgIpc) is 2.43. The summed E-state index contributed by atoms with van der Waals surface area (Å²) in [5.74, 6) is 0.910. The predicted molar refractivity (Wildman–Crippen MR) is 74.3 cm³/mol. The van der Waals surface area contributed by atoms with Crippen LogP contribution >= 0.6 is 0 Å². The van der Waals surface area contributed by atoms with Gasteiger partial charge in [0.2, 0.25) is 5.91 Å². The lowest BCUT2D eigenvalue weighted by molar-refractivity contribution is -0.133. The second kappa shape index (κ2) is 6.55. The summed E-state index contributed by atoms with van der Waals surface area (Å²) in [4.78, 5) is 13.9. The standard InChI is InChI=1S/C15H29NO2/c1-5-6-12-7-8-14(18)16(10-9-12)11-13(17)15(2,3)4/h12-13,17H,5-11H2,1-4H3. The van der Waals surface area contributed by atoms with Gasteiger partial charge in [-0.25, -0.2) is 0 Å². The van der Waals surface area contributed by atoms with Crippen molar-refractivity contribution in [3.63, 3.8) is 0 Å². The van der Waals surface area contributed by atoms with E-state index >= 15 is 0 Å². The van der Waals surface area contributed by atoms with Crippen LogP contribution in [-0.4, -0.2) is 35.1 Å². The molecule has 2 atom stereocenters. The number of β-amino-alcohol motifs (C(OH)–C–C–N with tert-alkyl or cyclic N) is 1. The molecule has 1 saturated heterocycles. The zero-order chi connectivity index (χ0) is 13.8. The van der Waals surface area contributed by atoms with Crippen molar-refractivity contribution in [2.75, 3.05) is 13.1 Å². The number of nitrogens with zero attached hydrogens (tertiary/aromatic N) is 1. The Labute approximate surface area is 112 Å². The maximum Gasteiger partial charge on any atom is 0.222 e. The summed E-state index contributed by atoms with van der Waals surface area (Å²) in [6, 6.07) is 0. The van der Waals surface area contributed by atoms with Crippen LogP contribution in [0.25, 0.3) is 0 Å². The van der Waals surface area contributed by atoms with Gasteiger partial charge in [0.05, 0.1) is 6.10 Å². The van der Waals surface area contributed by atoms with Crippen molar-refractivity contribution in [3.05, 3.63) is 0 Å². The van der Waals surface area contributed by atoms with Crippen LogP contribution in [0.4, 0.5) is 0 Å². The molecule has 1 amide bonds. The third kappa shape index (κ3) is 4.60. The summed E-state index contributed by atoms with van der Waals surface area (Å²) in [6.45, 7) is 9.55. The zero-order valence-corrected chi connectivity index (χ0v) is 12.4. The second-order valence-electron chi connectivity index (χ2n) is 6.70. The molecule has 0 bridgehead atoms.